The van der Waals surface area contributed by atoms with E-state index in [9.17, 15) is 0 Å². The van der Waals surface area contributed by atoms with Crippen LogP contribution >= 0.6 is 0 Å². The summed E-state index contributed by atoms with van der Waals surface area (Å²) in [5, 5.41) is 0. The van der Waals surface area contributed by atoms with Gasteiger partial charge in [0.15, 0.2) is 0 Å². The van der Waals surface area contributed by atoms with Crippen molar-refractivity contribution in [2.75, 3.05) is 0 Å². The number of nitrogens with zero attached hydrogens (tertiary/aromatic N) is 1. The fourth-order valence-corrected chi connectivity index (χ4v) is 1.83. The van der Waals surface area contributed by atoms with E-state index in [1.165, 1.54) is 43.4 Å². The number of pyridine rings is 1. The molecule has 1 aromatic rings. The van der Waals surface area contributed by atoms with Crippen molar-refractivity contribution in [3.63, 3.8) is 0 Å². The molecule has 1 aliphatic rings. The molecule has 0 unspecified atom stereocenters. The van der Waals surface area contributed by atoms with Crippen molar-refractivity contribution in [2.24, 2.45) is 0 Å². The number of fused-ring (bicyclic) bond motifs is 1. The van der Waals surface area contributed by atoms with Crippen LogP contribution in [-0.2, 0) is 12.8 Å². The van der Waals surface area contributed by atoms with Gasteiger partial charge in [0, 0.05) is 5.69 Å². The Morgan fingerprint density at radius 3 is 2.83 bits per heavy atom. The van der Waals surface area contributed by atoms with Crippen molar-refractivity contribution in [3.05, 3.63) is 29.6 Å². The van der Waals surface area contributed by atoms with Gasteiger partial charge in [0.2, 0.25) is 0 Å². The maximum Gasteiger partial charge on any atom is 0.0889 e. The molecule has 63 valence electrons. The van der Waals surface area contributed by atoms with Gasteiger partial charge in [0.25, 0.3) is 0 Å². The molecule has 0 amide bonds. The summed E-state index contributed by atoms with van der Waals surface area (Å²) in [6.07, 6.45) is 10.7. The Hall–Kier alpha value is -0.850. The SMILES string of the molecule is [c]1ccc2c(n1)CCCCCC2. The van der Waals surface area contributed by atoms with Crippen molar-refractivity contribution in [3.8, 4) is 0 Å². The number of aromatic nitrogens is 1. The van der Waals surface area contributed by atoms with Crippen LogP contribution in [0.4, 0.5) is 0 Å². The number of rotatable bonds is 0. The van der Waals surface area contributed by atoms with Crippen molar-refractivity contribution >= 4 is 0 Å². The lowest BCUT2D eigenvalue weighted by Crippen LogP contribution is -2.01. The molecule has 0 bridgehead atoms. The van der Waals surface area contributed by atoms with Crippen LogP contribution in [0.5, 0.6) is 0 Å². The second kappa shape index (κ2) is 3.70. The van der Waals surface area contributed by atoms with E-state index >= 15 is 0 Å². The molecule has 0 saturated heterocycles. The highest BCUT2D eigenvalue weighted by atomic mass is 14.7. The fourth-order valence-electron chi connectivity index (χ4n) is 1.83. The van der Waals surface area contributed by atoms with Crippen molar-refractivity contribution < 1.29 is 0 Å². The highest BCUT2D eigenvalue weighted by Gasteiger charge is 2.06. The van der Waals surface area contributed by atoms with E-state index in [1.54, 1.807) is 0 Å². The van der Waals surface area contributed by atoms with Crippen LogP contribution in [0, 0.1) is 6.20 Å². The Labute approximate surface area is 73.8 Å². The zero-order chi connectivity index (χ0) is 8.23. The van der Waals surface area contributed by atoms with Crippen molar-refractivity contribution in [1.29, 1.82) is 0 Å². The fraction of sp³-hybridized carbons (Fsp3) is 0.545. The predicted molar refractivity (Wildman–Crippen MR) is 48.9 cm³/mol. The molecule has 0 spiro atoms. The summed E-state index contributed by atoms with van der Waals surface area (Å²) < 4.78 is 0. The van der Waals surface area contributed by atoms with Crippen LogP contribution in [0.1, 0.15) is 36.9 Å². The van der Waals surface area contributed by atoms with E-state index < -0.39 is 0 Å². The highest BCUT2D eigenvalue weighted by molar-refractivity contribution is 5.20. The summed E-state index contributed by atoms with van der Waals surface area (Å²) in [6, 6.07) is 4.11. The summed E-state index contributed by atoms with van der Waals surface area (Å²) in [5.74, 6) is 0. The van der Waals surface area contributed by atoms with Gasteiger partial charge in [-0.1, -0.05) is 18.9 Å². The van der Waals surface area contributed by atoms with E-state index in [4.69, 9.17) is 0 Å². The second-order valence-corrected chi connectivity index (χ2v) is 3.46. The summed E-state index contributed by atoms with van der Waals surface area (Å²) in [5.41, 5.74) is 2.74. The number of aryl methyl sites for hydroxylation is 2. The monoisotopic (exact) mass is 160 g/mol. The van der Waals surface area contributed by atoms with Crippen LogP contribution in [0.15, 0.2) is 12.1 Å². The van der Waals surface area contributed by atoms with E-state index in [0.717, 1.165) is 6.42 Å². The average molecular weight is 160 g/mol. The lowest BCUT2D eigenvalue weighted by Gasteiger charge is -2.11. The van der Waals surface area contributed by atoms with Crippen molar-refractivity contribution in [2.45, 2.75) is 38.5 Å². The third kappa shape index (κ3) is 1.66. The minimum absolute atomic E-state index is 1.16. The average Bonchev–Trinajstić information content (AvgIpc) is 2.06. The zero-order valence-corrected chi connectivity index (χ0v) is 7.34. The van der Waals surface area contributed by atoms with E-state index in [1.807, 2.05) is 6.07 Å². The second-order valence-electron chi connectivity index (χ2n) is 3.46. The summed E-state index contributed by atoms with van der Waals surface area (Å²) in [4.78, 5) is 4.30. The first-order chi connectivity index (χ1) is 5.97. The minimum atomic E-state index is 1.16. The Kier molecular flexibility index (Phi) is 2.40. The molecule has 1 aliphatic carbocycles. The molecule has 0 N–H and O–H groups in total. The molecule has 0 aliphatic heterocycles. The third-order valence-electron chi connectivity index (χ3n) is 2.54. The van der Waals surface area contributed by atoms with Gasteiger partial charge in [-0.3, -0.25) is 4.98 Å². The normalized spacial score (nSPS) is 17.7. The van der Waals surface area contributed by atoms with Gasteiger partial charge in [-0.2, -0.15) is 0 Å². The standard InChI is InChI=1S/C11H14N/c1-2-4-8-11-10(6-3-1)7-5-9-12-11/h5,7H,1-4,6,8H2. The summed E-state index contributed by atoms with van der Waals surface area (Å²) in [7, 11) is 0. The van der Waals surface area contributed by atoms with Gasteiger partial charge in [-0.05, 0) is 37.3 Å². The highest BCUT2D eigenvalue weighted by Crippen LogP contribution is 2.17. The van der Waals surface area contributed by atoms with Crippen LogP contribution in [0.2, 0.25) is 0 Å². The molecule has 1 heterocycles. The molecule has 1 radical (unpaired) electrons. The third-order valence-corrected chi connectivity index (χ3v) is 2.54. The lowest BCUT2D eigenvalue weighted by molar-refractivity contribution is 0.608. The van der Waals surface area contributed by atoms with Gasteiger partial charge in [0.1, 0.15) is 0 Å². The van der Waals surface area contributed by atoms with Gasteiger partial charge >= 0.3 is 0 Å². The topological polar surface area (TPSA) is 12.9 Å². The molecular weight excluding hydrogens is 146 g/mol. The Bertz CT molecular complexity index is 228. The van der Waals surface area contributed by atoms with Gasteiger partial charge in [-0.15, -0.1) is 0 Å². The molecule has 12 heavy (non-hydrogen) atoms. The van der Waals surface area contributed by atoms with Crippen LogP contribution in [-0.4, -0.2) is 4.98 Å². The molecule has 1 aromatic heterocycles. The van der Waals surface area contributed by atoms with Crippen LogP contribution in [0.25, 0.3) is 0 Å². The number of hydrogen-bond acceptors (Lipinski definition) is 1. The largest absolute Gasteiger partial charge is 0.251 e. The van der Waals surface area contributed by atoms with E-state index in [2.05, 4.69) is 17.2 Å². The molecule has 2 rings (SSSR count). The molecule has 1 nitrogen and oxygen atoms in total. The van der Waals surface area contributed by atoms with Crippen LogP contribution < -0.4 is 0 Å². The Morgan fingerprint density at radius 2 is 1.92 bits per heavy atom. The predicted octanol–water partition coefficient (Wildman–Crippen LogP) is 2.54. The maximum absolute atomic E-state index is 4.30. The number of hydrogen-bond donors (Lipinski definition) is 0. The van der Waals surface area contributed by atoms with E-state index in [-0.39, 0.29) is 0 Å². The van der Waals surface area contributed by atoms with Crippen molar-refractivity contribution in [1.82, 2.24) is 4.98 Å². The molecule has 0 aromatic carbocycles. The first-order valence-corrected chi connectivity index (χ1v) is 4.82. The first kappa shape index (κ1) is 7.78. The lowest BCUT2D eigenvalue weighted by atomic mass is 9.97. The Morgan fingerprint density at radius 1 is 1.08 bits per heavy atom. The molecule has 0 saturated carbocycles. The summed E-state index contributed by atoms with van der Waals surface area (Å²) in [6.45, 7) is 0. The van der Waals surface area contributed by atoms with Gasteiger partial charge < -0.3 is 0 Å². The minimum Gasteiger partial charge on any atom is -0.251 e. The summed E-state index contributed by atoms with van der Waals surface area (Å²) >= 11 is 0. The van der Waals surface area contributed by atoms with E-state index in [0.29, 0.717) is 0 Å². The van der Waals surface area contributed by atoms with Gasteiger partial charge in [0.05, 0.1) is 6.20 Å². The van der Waals surface area contributed by atoms with Gasteiger partial charge in [-0.25, -0.2) is 0 Å². The van der Waals surface area contributed by atoms with Crippen LogP contribution in [0.3, 0.4) is 0 Å². The molecule has 0 fully saturated rings. The first-order valence-electron chi connectivity index (χ1n) is 4.82. The molecular formula is C11H14N. The maximum atomic E-state index is 4.30. The molecule has 0 atom stereocenters. The smallest absolute Gasteiger partial charge is 0.0889 e. The zero-order valence-electron chi connectivity index (χ0n) is 7.34. The molecule has 1 heteroatoms. The Balaban J connectivity index is 2.24. The quantitative estimate of drug-likeness (QED) is 0.568.